The van der Waals surface area contributed by atoms with E-state index >= 15 is 0 Å². The van der Waals surface area contributed by atoms with Crippen molar-refractivity contribution >= 4 is 17.9 Å². The van der Waals surface area contributed by atoms with Crippen LogP contribution in [0.5, 0.6) is 0 Å². The first-order valence-corrected chi connectivity index (χ1v) is 14.9. The Balaban J connectivity index is 0.000000782. The molecule has 0 aliphatic heterocycles. The lowest BCUT2D eigenvalue weighted by Crippen LogP contribution is -2.56. The normalized spacial score (nSPS) is 17.9. The molecule has 1 aromatic heterocycles. The minimum absolute atomic E-state index is 0.0577. The molecule has 0 amide bonds. The van der Waals surface area contributed by atoms with Gasteiger partial charge in [-0.3, -0.25) is 9.59 Å². The van der Waals surface area contributed by atoms with E-state index in [1.54, 1.807) is 13.8 Å². The minimum Gasteiger partial charge on any atom is -0.469 e. The first-order chi connectivity index (χ1) is 21.2. The van der Waals surface area contributed by atoms with Gasteiger partial charge in [0.1, 0.15) is 19.3 Å². The van der Waals surface area contributed by atoms with Crippen molar-refractivity contribution in [2.45, 2.75) is 97.2 Å². The van der Waals surface area contributed by atoms with E-state index in [0.29, 0.717) is 29.4 Å². The van der Waals surface area contributed by atoms with Crippen molar-refractivity contribution in [3.63, 3.8) is 0 Å². The number of esters is 3. The lowest BCUT2D eigenvalue weighted by molar-refractivity contribution is -0.163. The van der Waals surface area contributed by atoms with Gasteiger partial charge in [0, 0.05) is 5.57 Å². The van der Waals surface area contributed by atoms with E-state index in [4.69, 9.17) is 14.6 Å². The highest BCUT2D eigenvalue weighted by Crippen LogP contribution is 2.31. The van der Waals surface area contributed by atoms with Gasteiger partial charge in [0.25, 0.3) is 0 Å². The van der Waals surface area contributed by atoms with E-state index in [9.17, 15) is 39.0 Å². The van der Waals surface area contributed by atoms with Crippen LogP contribution in [0, 0.1) is 11.8 Å². The zero-order valence-electron chi connectivity index (χ0n) is 26.5. The van der Waals surface area contributed by atoms with Crippen LogP contribution in [-0.4, -0.2) is 85.6 Å². The smallest absolute Gasteiger partial charge is 0.336 e. The third-order valence-corrected chi connectivity index (χ3v) is 7.17. The van der Waals surface area contributed by atoms with E-state index in [1.165, 1.54) is 13.2 Å². The van der Waals surface area contributed by atoms with Gasteiger partial charge < -0.3 is 29.5 Å². The van der Waals surface area contributed by atoms with Crippen LogP contribution in [0.3, 0.4) is 0 Å². The quantitative estimate of drug-likeness (QED) is 0.0993. The predicted molar refractivity (Wildman–Crippen MR) is 162 cm³/mol. The van der Waals surface area contributed by atoms with Crippen LogP contribution >= 0.6 is 0 Å². The molecule has 1 fully saturated rings. The largest absolute Gasteiger partial charge is 0.469 e. The summed E-state index contributed by atoms with van der Waals surface area (Å²) in [6.07, 6.45) is 1.67. The zero-order chi connectivity index (χ0) is 34.3. The second-order valence-electron chi connectivity index (χ2n) is 10.8. The van der Waals surface area contributed by atoms with Gasteiger partial charge in [-0.05, 0) is 32.6 Å². The highest BCUT2D eigenvalue weighted by atomic mass is 16.5. The number of aliphatic hydroxyl groups is 3. The summed E-state index contributed by atoms with van der Waals surface area (Å²) in [6.45, 7) is 10.4. The molecule has 15 nitrogen and oxygen atoms in total. The first-order valence-electron chi connectivity index (χ1n) is 14.9. The summed E-state index contributed by atoms with van der Waals surface area (Å²) < 4.78 is 16.8. The van der Waals surface area contributed by atoms with Crippen molar-refractivity contribution in [2.24, 2.45) is 11.8 Å². The van der Waals surface area contributed by atoms with Gasteiger partial charge in [0.05, 0.1) is 50.8 Å². The van der Waals surface area contributed by atoms with Gasteiger partial charge in [-0.25, -0.2) is 32.9 Å². The molecule has 0 aromatic carbocycles. The number of ether oxygens (including phenoxy) is 3. The Morgan fingerprint density at radius 2 is 1.29 bits per heavy atom. The number of hydrogen-bond acceptors (Lipinski definition) is 12. The van der Waals surface area contributed by atoms with Crippen LogP contribution in [0.2, 0.25) is 0 Å². The van der Waals surface area contributed by atoms with Gasteiger partial charge in [-0.1, -0.05) is 39.3 Å². The molecule has 0 radical (unpaired) electrons. The highest BCUT2D eigenvalue weighted by Gasteiger charge is 2.37. The van der Waals surface area contributed by atoms with Crippen LogP contribution in [-0.2, 0) is 48.2 Å². The summed E-state index contributed by atoms with van der Waals surface area (Å²) in [5.74, 6) is -2.92. The molecule has 1 aliphatic rings. The summed E-state index contributed by atoms with van der Waals surface area (Å²) in [4.78, 5) is 73.3. The summed E-state index contributed by atoms with van der Waals surface area (Å²) in [5.41, 5.74) is -2.49. The number of rotatable bonds is 15. The maximum Gasteiger partial charge on any atom is 0.336 e. The number of aliphatic hydroxyl groups excluding tert-OH is 3. The Bertz CT molecular complexity index is 1340. The fourth-order valence-electron chi connectivity index (χ4n) is 4.43. The SMILES string of the molecule is C=C(C)C(=O)OCC(O)CC.C=CCn1c(=O)n(CC(O)CC)c(=O)n(CC(O)COC(=O)C2CCCCC2C(=O)OC)c1=O. The number of nitrogens with zero attached hydrogens (tertiary/aromatic N) is 3. The molecule has 0 spiro atoms. The van der Waals surface area contributed by atoms with Gasteiger partial charge in [-0.15, -0.1) is 6.58 Å². The fourth-order valence-corrected chi connectivity index (χ4v) is 4.43. The zero-order valence-corrected chi connectivity index (χ0v) is 26.5. The Kier molecular flexibility index (Phi) is 17.0. The second-order valence-corrected chi connectivity index (χ2v) is 10.8. The highest BCUT2D eigenvalue weighted by molar-refractivity contribution is 5.86. The van der Waals surface area contributed by atoms with Gasteiger partial charge in [0.2, 0.25) is 0 Å². The molecule has 15 heteroatoms. The van der Waals surface area contributed by atoms with Gasteiger partial charge in [-0.2, -0.15) is 0 Å². The number of methoxy groups -OCH3 is 1. The first kappa shape index (κ1) is 39.2. The van der Waals surface area contributed by atoms with E-state index in [-0.39, 0.29) is 26.1 Å². The van der Waals surface area contributed by atoms with E-state index in [0.717, 1.165) is 22.0 Å². The molecule has 2 rings (SSSR count). The number of allylic oxidation sites excluding steroid dienone is 1. The summed E-state index contributed by atoms with van der Waals surface area (Å²) in [5, 5.41) is 29.3. The molecule has 0 bridgehead atoms. The van der Waals surface area contributed by atoms with Crippen molar-refractivity contribution in [1.82, 2.24) is 13.7 Å². The van der Waals surface area contributed by atoms with Crippen molar-refractivity contribution in [3.05, 3.63) is 56.3 Å². The third kappa shape index (κ3) is 11.9. The lowest BCUT2D eigenvalue weighted by Gasteiger charge is -2.28. The maximum atomic E-state index is 12.8. The van der Waals surface area contributed by atoms with E-state index in [1.807, 2.05) is 6.92 Å². The number of carbonyl (C=O) groups is 3. The van der Waals surface area contributed by atoms with Gasteiger partial charge >= 0.3 is 35.0 Å². The average Bonchev–Trinajstić information content (AvgIpc) is 3.04. The summed E-state index contributed by atoms with van der Waals surface area (Å²) in [6, 6.07) is 0. The molecule has 1 aromatic rings. The van der Waals surface area contributed by atoms with Crippen LogP contribution in [0.4, 0.5) is 0 Å². The van der Waals surface area contributed by atoms with Gasteiger partial charge in [0.15, 0.2) is 0 Å². The number of carbonyl (C=O) groups excluding carboxylic acids is 3. The number of aromatic nitrogens is 3. The Hall–Kier alpha value is -3.82. The molecule has 3 N–H and O–H groups in total. The van der Waals surface area contributed by atoms with Crippen LogP contribution in [0.15, 0.2) is 39.2 Å². The van der Waals surface area contributed by atoms with Crippen LogP contribution < -0.4 is 17.1 Å². The van der Waals surface area contributed by atoms with Crippen molar-refractivity contribution in [2.75, 3.05) is 20.3 Å². The molecule has 254 valence electrons. The van der Waals surface area contributed by atoms with Crippen LogP contribution in [0.1, 0.15) is 59.3 Å². The number of hydrogen-bond donors (Lipinski definition) is 3. The molecule has 1 heterocycles. The molecule has 1 saturated carbocycles. The molecular formula is C30H47N3O12. The topological polar surface area (TPSA) is 206 Å². The molecular weight excluding hydrogens is 594 g/mol. The standard InChI is InChI=1S/C22H33N3O9.C8H14O3/c1-4-10-23-20(30)24(11-14(26)5-2)22(32)25(21(23)31)12-15(27)13-34-19(29)17-9-7-6-8-16(17)18(28)33-3;1-4-7(9)5-11-8(10)6(2)3/h4,14-17,26-27H,1,5-13H2,2-3H3;7,9H,2,4-5H2,1,3H3. The predicted octanol–water partition coefficient (Wildman–Crippen LogP) is -0.111. The van der Waals surface area contributed by atoms with Crippen molar-refractivity contribution < 1.29 is 43.9 Å². The second kappa shape index (κ2) is 19.5. The Labute approximate surface area is 261 Å². The molecule has 5 unspecified atom stereocenters. The average molecular weight is 642 g/mol. The lowest BCUT2D eigenvalue weighted by atomic mass is 9.79. The molecule has 1 aliphatic carbocycles. The summed E-state index contributed by atoms with van der Waals surface area (Å²) >= 11 is 0. The van der Waals surface area contributed by atoms with Crippen LogP contribution in [0.25, 0.3) is 0 Å². The Morgan fingerprint density at radius 3 is 1.76 bits per heavy atom. The van der Waals surface area contributed by atoms with E-state index < -0.39 is 78.3 Å². The fraction of sp³-hybridized carbons (Fsp3) is 0.667. The monoisotopic (exact) mass is 641 g/mol. The Morgan fingerprint density at radius 1 is 0.822 bits per heavy atom. The maximum absolute atomic E-state index is 12.8. The third-order valence-electron chi connectivity index (χ3n) is 7.17. The van der Waals surface area contributed by atoms with Crippen molar-refractivity contribution in [1.29, 1.82) is 0 Å². The van der Waals surface area contributed by atoms with Crippen molar-refractivity contribution in [3.8, 4) is 0 Å². The minimum atomic E-state index is -1.44. The molecule has 0 saturated heterocycles. The molecule has 5 atom stereocenters. The van der Waals surface area contributed by atoms with E-state index in [2.05, 4.69) is 17.9 Å². The molecule has 45 heavy (non-hydrogen) atoms. The summed E-state index contributed by atoms with van der Waals surface area (Å²) in [7, 11) is 1.25.